The van der Waals surface area contributed by atoms with E-state index >= 15 is 0 Å². The highest BCUT2D eigenvalue weighted by atomic mass is 79.9. The fourth-order valence-electron chi connectivity index (χ4n) is 2.74. The number of halogens is 1. The molecule has 0 spiro atoms. The number of nitrogens with zero attached hydrogens (tertiary/aromatic N) is 1. The van der Waals surface area contributed by atoms with E-state index in [0.717, 1.165) is 23.3 Å². The number of nitrogens with one attached hydrogen (secondary N) is 1. The van der Waals surface area contributed by atoms with Crippen LogP contribution in [0.15, 0.2) is 22.9 Å². The van der Waals surface area contributed by atoms with E-state index in [1.807, 2.05) is 6.20 Å². The predicted molar refractivity (Wildman–Crippen MR) is 71.0 cm³/mol. The van der Waals surface area contributed by atoms with E-state index in [-0.39, 0.29) is 0 Å². The van der Waals surface area contributed by atoms with Gasteiger partial charge in [0.15, 0.2) is 5.75 Å². The molecule has 0 unspecified atom stereocenters. The molecule has 1 aliphatic heterocycles. The maximum atomic E-state index is 5.29. The van der Waals surface area contributed by atoms with Crippen molar-refractivity contribution in [1.29, 1.82) is 0 Å². The number of hydrogen-bond acceptors (Lipinski definition) is 3. The summed E-state index contributed by atoms with van der Waals surface area (Å²) < 4.78 is 6.05. The van der Waals surface area contributed by atoms with Gasteiger partial charge in [-0.25, -0.2) is 4.98 Å². The Morgan fingerprint density at radius 2 is 2.41 bits per heavy atom. The SMILES string of the molecule is COc1cc(C2=C[C@@H]3CCN[C@@H]3C2)cnc1Br. The van der Waals surface area contributed by atoms with Gasteiger partial charge in [-0.1, -0.05) is 6.08 Å². The first-order chi connectivity index (χ1) is 8.28. The molecule has 1 aliphatic carbocycles. The second-order valence-electron chi connectivity index (χ2n) is 4.63. The normalized spacial score (nSPS) is 26.8. The van der Waals surface area contributed by atoms with Gasteiger partial charge in [0.25, 0.3) is 0 Å². The Bertz CT molecular complexity index is 472. The number of ether oxygens (including phenoxy) is 1. The summed E-state index contributed by atoms with van der Waals surface area (Å²) >= 11 is 3.38. The Hall–Kier alpha value is -0.870. The Labute approximate surface area is 109 Å². The van der Waals surface area contributed by atoms with Crippen LogP contribution >= 0.6 is 15.9 Å². The predicted octanol–water partition coefficient (Wildman–Crippen LogP) is 2.62. The van der Waals surface area contributed by atoms with Crippen LogP contribution in [-0.2, 0) is 0 Å². The molecule has 1 fully saturated rings. The number of methoxy groups -OCH3 is 1. The van der Waals surface area contributed by atoms with Crippen molar-refractivity contribution in [1.82, 2.24) is 10.3 Å². The summed E-state index contributed by atoms with van der Waals surface area (Å²) in [6.45, 7) is 1.15. The highest BCUT2D eigenvalue weighted by Gasteiger charge is 2.31. The van der Waals surface area contributed by atoms with Crippen molar-refractivity contribution < 1.29 is 4.74 Å². The molecule has 4 heteroatoms. The second kappa shape index (κ2) is 4.42. The minimum atomic E-state index is 0.639. The molecule has 2 atom stereocenters. The number of aromatic nitrogens is 1. The summed E-state index contributed by atoms with van der Waals surface area (Å²) in [5.41, 5.74) is 2.58. The largest absolute Gasteiger partial charge is 0.494 e. The Morgan fingerprint density at radius 3 is 3.18 bits per heavy atom. The standard InChI is InChI=1S/C13H15BrN2O/c1-17-12-6-10(7-16-13(12)14)9-4-8-2-3-15-11(8)5-9/h4,6-8,11,15H,2-3,5H2,1H3/t8-,11+/m0/s1. The molecular formula is C13H15BrN2O. The number of rotatable bonds is 2. The fourth-order valence-corrected chi connectivity index (χ4v) is 3.11. The van der Waals surface area contributed by atoms with Crippen molar-refractivity contribution >= 4 is 21.5 Å². The van der Waals surface area contributed by atoms with Crippen molar-refractivity contribution in [2.45, 2.75) is 18.9 Å². The molecule has 1 N–H and O–H groups in total. The van der Waals surface area contributed by atoms with Gasteiger partial charge in [0.1, 0.15) is 4.60 Å². The Kier molecular flexibility index (Phi) is 2.92. The summed E-state index contributed by atoms with van der Waals surface area (Å²) in [5.74, 6) is 1.51. The van der Waals surface area contributed by atoms with Crippen molar-refractivity contribution in [3.63, 3.8) is 0 Å². The molecule has 17 heavy (non-hydrogen) atoms. The van der Waals surface area contributed by atoms with Crippen LogP contribution in [0.25, 0.3) is 5.57 Å². The van der Waals surface area contributed by atoms with Crippen LogP contribution < -0.4 is 10.1 Å². The fraction of sp³-hybridized carbons (Fsp3) is 0.462. The average molecular weight is 295 g/mol. The molecule has 0 amide bonds. The van der Waals surface area contributed by atoms with Gasteiger partial charge in [0, 0.05) is 12.2 Å². The van der Waals surface area contributed by atoms with Crippen LogP contribution in [-0.4, -0.2) is 24.7 Å². The molecule has 1 aromatic rings. The zero-order valence-corrected chi connectivity index (χ0v) is 11.3. The quantitative estimate of drug-likeness (QED) is 0.852. The molecule has 90 valence electrons. The van der Waals surface area contributed by atoms with Gasteiger partial charge in [-0.2, -0.15) is 0 Å². The average Bonchev–Trinajstić information content (AvgIpc) is 2.90. The summed E-state index contributed by atoms with van der Waals surface area (Å²) in [6.07, 6.45) is 6.68. The van der Waals surface area contributed by atoms with Crippen LogP contribution in [0.2, 0.25) is 0 Å². The van der Waals surface area contributed by atoms with E-state index in [1.165, 1.54) is 17.6 Å². The Morgan fingerprint density at radius 1 is 1.53 bits per heavy atom. The number of pyridine rings is 1. The lowest BCUT2D eigenvalue weighted by Gasteiger charge is -2.09. The molecule has 2 heterocycles. The molecule has 1 saturated heterocycles. The topological polar surface area (TPSA) is 34.1 Å². The van der Waals surface area contributed by atoms with Crippen molar-refractivity contribution in [2.24, 2.45) is 5.92 Å². The third-order valence-electron chi connectivity index (χ3n) is 3.65. The smallest absolute Gasteiger partial charge is 0.152 e. The van der Waals surface area contributed by atoms with E-state index in [4.69, 9.17) is 4.74 Å². The first-order valence-corrected chi connectivity index (χ1v) is 6.71. The van der Waals surface area contributed by atoms with Crippen LogP contribution in [0.3, 0.4) is 0 Å². The van der Waals surface area contributed by atoms with Crippen molar-refractivity contribution in [2.75, 3.05) is 13.7 Å². The number of hydrogen-bond donors (Lipinski definition) is 1. The van der Waals surface area contributed by atoms with Gasteiger partial charge < -0.3 is 10.1 Å². The highest BCUT2D eigenvalue weighted by molar-refractivity contribution is 9.10. The zero-order chi connectivity index (χ0) is 11.8. The van der Waals surface area contributed by atoms with Crippen LogP contribution in [0, 0.1) is 5.92 Å². The first-order valence-electron chi connectivity index (χ1n) is 5.92. The van der Waals surface area contributed by atoms with Gasteiger partial charge >= 0.3 is 0 Å². The maximum absolute atomic E-state index is 5.29. The summed E-state index contributed by atoms with van der Waals surface area (Å²) in [5, 5.41) is 3.55. The van der Waals surface area contributed by atoms with Crippen molar-refractivity contribution in [3.05, 3.63) is 28.5 Å². The van der Waals surface area contributed by atoms with Gasteiger partial charge in [-0.15, -0.1) is 0 Å². The molecule has 0 aromatic carbocycles. The second-order valence-corrected chi connectivity index (χ2v) is 5.38. The molecule has 3 nitrogen and oxygen atoms in total. The lowest BCUT2D eigenvalue weighted by atomic mass is 10.1. The lowest BCUT2D eigenvalue weighted by molar-refractivity contribution is 0.409. The molecule has 1 aromatic heterocycles. The van der Waals surface area contributed by atoms with Gasteiger partial charge in [-0.3, -0.25) is 0 Å². The van der Waals surface area contributed by atoms with Crippen molar-refractivity contribution in [3.8, 4) is 5.75 Å². The third kappa shape index (κ3) is 2.00. The molecule has 3 rings (SSSR count). The summed E-state index contributed by atoms with van der Waals surface area (Å²) in [6, 6.07) is 2.70. The third-order valence-corrected chi connectivity index (χ3v) is 4.25. The lowest BCUT2D eigenvalue weighted by Crippen LogP contribution is -2.22. The monoisotopic (exact) mass is 294 g/mol. The maximum Gasteiger partial charge on any atom is 0.152 e. The van der Waals surface area contributed by atoms with E-state index in [2.05, 4.69) is 38.4 Å². The first kappa shape index (κ1) is 11.2. The van der Waals surface area contributed by atoms with E-state index in [0.29, 0.717) is 12.0 Å². The van der Waals surface area contributed by atoms with Crippen LogP contribution in [0.4, 0.5) is 0 Å². The van der Waals surface area contributed by atoms with Crippen LogP contribution in [0.1, 0.15) is 18.4 Å². The molecule has 2 aliphatic rings. The van der Waals surface area contributed by atoms with Gasteiger partial charge in [-0.05, 0) is 58.4 Å². The summed E-state index contributed by atoms with van der Waals surface area (Å²) in [7, 11) is 1.67. The van der Waals surface area contributed by atoms with E-state index in [9.17, 15) is 0 Å². The van der Waals surface area contributed by atoms with E-state index < -0.39 is 0 Å². The van der Waals surface area contributed by atoms with Gasteiger partial charge in [0.05, 0.1) is 7.11 Å². The molecule has 0 saturated carbocycles. The molecular weight excluding hydrogens is 280 g/mol. The summed E-state index contributed by atoms with van der Waals surface area (Å²) in [4.78, 5) is 4.32. The highest BCUT2D eigenvalue weighted by Crippen LogP contribution is 2.37. The van der Waals surface area contributed by atoms with Gasteiger partial charge in [0.2, 0.25) is 0 Å². The molecule has 0 radical (unpaired) electrons. The Balaban J connectivity index is 1.90. The van der Waals surface area contributed by atoms with Crippen LogP contribution in [0.5, 0.6) is 5.75 Å². The minimum absolute atomic E-state index is 0.639. The van der Waals surface area contributed by atoms with E-state index in [1.54, 1.807) is 7.11 Å². The zero-order valence-electron chi connectivity index (χ0n) is 9.74. The minimum Gasteiger partial charge on any atom is -0.494 e. The number of fused-ring (bicyclic) bond motifs is 1. The molecule has 0 bridgehead atoms.